The second-order valence-electron chi connectivity index (χ2n) is 4.12. The van der Waals surface area contributed by atoms with Crippen LogP contribution >= 0.6 is 27.3 Å². The lowest BCUT2D eigenvalue weighted by atomic mass is 9.99. The molecule has 1 atom stereocenters. The van der Waals surface area contributed by atoms with Crippen LogP contribution in [0.4, 0.5) is 0 Å². The van der Waals surface area contributed by atoms with Gasteiger partial charge in [0.05, 0.1) is 4.83 Å². The van der Waals surface area contributed by atoms with E-state index >= 15 is 0 Å². The molecule has 0 amide bonds. The van der Waals surface area contributed by atoms with E-state index in [4.69, 9.17) is 0 Å². The normalized spacial score (nSPS) is 12.8. The second kappa shape index (κ2) is 4.72. The highest BCUT2D eigenvalue weighted by molar-refractivity contribution is 9.09. The average Bonchev–Trinajstić information content (AvgIpc) is 2.64. The van der Waals surface area contributed by atoms with Gasteiger partial charge in [-0.25, -0.2) is 0 Å². The zero-order valence-electron chi connectivity index (χ0n) is 9.75. The Morgan fingerprint density at radius 3 is 2.12 bits per heavy atom. The Morgan fingerprint density at radius 1 is 1.00 bits per heavy atom. The molecule has 0 aliphatic carbocycles. The lowest BCUT2D eigenvalue weighted by Crippen LogP contribution is -1.96. The molecule has 84 valence electrons. The van der Waals surface area contributed by atoms with Crippen molar-refractivity contribution in [1.82, 2.24) is 0 Å². The van der Waals surface area contributed by atoms with E-state index in [0.717, 1.165) is 0 Å². The predicted octanol–water partition coefficient (Wildman–Crippen LogP) is 5.16. The summed E-state index contributed by atoms with van der Waals surface area (Å²) in [5.74, 6) is 0. The molecule has 0 radical (unpaired) electrons. The zero-order chi connectivity index (χ0) is 11.7. The summed E-state index contributed by atoms with van der Waals surface area (Å²) in [6, 6.07) is 10.9. The molecule has 2 rings (SSSR count). The van der Waals surface area contributed by atoms with Crippen molar-refractivity contribution < 1.29 is 0 Å². The molecule has 0 fully saturated rings. The summed E-state index contributed by atoms with van der Waals surface area (Å²) in [4.78, 5) is 3.08. The van der Waals surface area contributed by atoms with Crippen molar-refractivity contribution in [1.29, 1.82) is 0 Å². The molecule has 2 aromatic rings. The fraction of sp³-hybridized carbons (Fsp3) is 0.286. The molecule has 0 N–H and O–H groups in total. The molecule has 0 bridgehead atoms. The van der Waals surface area contributed by atoms with Crippen LogP contribution in [0.3, 0.4) is 0 Å². The average molecular weight is 295 g/mol. The molecule has 1 unspecified atom stereocenters. The molecule has 1 aromatic heterocycles. The lowest BCUT2D eigenvalue weighted by molar-refractivity contribution is 1.14. The van der Waals surface area contributed by atoms with Crippen molar-refractivity contribution in [2.24, 2.45) is 0 Å². The van der Waals surface area contributed by atoms with Crippen LogP contribution in [0.2, 0.25) is 0 Å². The highest BCUT2D eigenvalue weighted by Gasteiger charge is 2.16. The van der Waals surface area contributed by atoms with Gasteiger partial charge in [-0.3, -0.25) is 0 Å². The van der Waals surface area contributed by atoms with E-state index in [2.05, 4.69) is 67.0 Å². The lowest BCUT2D eigenvalue weighted by Gasteiger charge is -2.14. The minimum atomic E-state index is 0.326. The molecule has 0 saturated carbocycles. The topological polar surface area (TPSA) is 0 Å². The van der Waals surface area contributed by atoms with E-state index in [1.54, 1.807) is 0 Å². The Morgan fingerprint density at radius 2 is 1.62 bits per heavy atom. The van der Waals surface area contributed by atoms with E-state index in [-0.39, 0.29) is 0 Å². The predicted molar refractivity (Wildman–Crippen MR) is 75.7 cm³/mol. The largest absolute Gasteiger partial charge is 0.144 e. The second-order valence-corrected chi connectivity index (χ2v) is 6.35. The summed E-state index contributed by atoms with van der Waals surface area (Å²) < 4.78 is 0. The number of thiophene rings is 1. The Kier molecular flexibility index (Phi) is 3.50. The van der Waals surface area contributed by atoms with Gasteiger partial charge in [0, 0.05) is 9.75 Å². The summed E-state index contributed by atoms with van der Waals surface area (Å²) in [6.45, 7) is 6.51. The van der Waals surface area contributed by atoms with Gasteiger partial charge < -0.3 is 0 Å². The molecule has 0 aliphatic heterocycles. The summed E-state index contributed by atoms with van der Waals surface area (Å²) in [6.07, 6.45) is 0. The number of rotatable bonds is 2. The fourth-order valence-corrected chi connectivity index (χ4v) is 3.98. The molecule has 1 heterocycles. The fourth-order valence-electron chi connectivity index (χ4n) is 1.96. The van der Waals surface area contributed by atoms with Crippen LogP contribution < -0.4 is 0 Å². The van der Waals surface area contributed by atoms with Crippen molar-refractivity contribution in [2.75, 3.05) is 0 Å². The van der Waals surface area contributed by atoms with E-state index < -0.39 is 0 Å². The van der Waals surface area contributed by atoms with E-state index in [1.165, 1.54) is 26.4 Å². The molecule has 0 saturated heterocycles. The van der Waals surface area contributed by atoms with Crippen LogP contribution in [0.5, 0.6) is 0 Å². The molecule has 16 heavy (non-hydrogen) atoms. The van der Waals surface area contributed by atoms with E-state index in [9.17, 15) is 0 Å². The number of hydrogen-bond acceptors (Lipinski definition) is 1. The van der Waals surface area contributed by atoms with Crippen LogP contribution in [0, 0.1) is 20.8 Å². The third-order valence-electron chi connectivity index (χ3n) is 2.81. The molecule has 0 spiro atoms. The smallest absolute Gasteiger partial charge is 0.0743 e. The molecule has 0 nitrogen and oxygen atoms in total. The maximum Gasteiger partial charge on any atom is 0.0743 e. The van der Waals surface area contributed by atoms with Gasteiger partial charge in [0.25, 0.3) is 0 Å². The number of alkyl halides is 1. The first-order valence-corrected chi connectivity index (χ1v) is 7.09. The van der Waals surface area contributed by atoms with Crippen LogP contribution in [-0.2, 0) is 0 Å². The summed E-state index contributed by atoms with van der Waals surface area (Å²) in [5, 5.41) is 0. The minimum Gasteiger partial charge on any atom is -0.144 e. The Hall–Kier alpha value is -0.600. The molecule has 1 aromatic carbocycles. The van der Waals surface area contributed by atoms with Crippen LogP contribution in [0.25, 0.3) is 0 Å². The Labute approximate surface area is 109 Å². The van der Waals surface area contributed by atoms with E-state index in [0.29, 0.717) is 4.83 Å². The maximum absolute atomic E-state index is 3.82. The first kappa shape index (κ1) is 11.9. The van der Waals surface area contributed by atoms with Gasteiger partial charge in [-0.15, -0.1) is 11.3 Å². The van der Waals surface area contributed by atoms with Crippen molar-refractivity contribution in [3.05, 3.63) is 56.8 Å². The first-order chi connectivity index (χ1) is 7.59. The summed E-state index contributed by atoms with van der Waals surface area (Å²) in [7, 11) is 0. The maximum atomic E-state index is 3.82. The van der Waals surface area contributed by atoms with Crippen LogP contribution in [0.1, 0.15) is 31.3 Å². The molecular formula is C14H15BrS. The molecular weight excluding hydrogens is 280 g/mol. The minimum absolute atomic E-state index is 0.326. The van der Waals surface area contributed by atoms with Crippen LogP contribution in [-0.4, -0.2) is 0 Å². The van der Waals surface area contributed by atoms with E-state index in [1.807, 2.05) is 11.3 Å². The Bertz CT molecular complexity index is 479. The standard InChI is InChI=1S/C14H15BrS/c1-9-5-4-6-10(2)13(9)14(15)12-8-7-11(3)16-12/h4-8,14H,1-3H3. The first-order valence-electron chi connectivity index (χ1n) is 5.36. The highest BCUT2D eigenvalue weighted by atomic mass is 79.9. The van der Waals surface area contributed by atoms with Crippen molar-refractivity contribution in [3.8, 4) is 0 Å². The summed E-state index contributed by atoms with van der Waals surface area (Å²) in [5.41, 5.74) is 4.12. The van der Waals surface area contributed by atoms with Gasteiger partial charge in [0.15, 0.2) is 0 Å². The third-order valence-corrected chi connectivity index (χ3v) is 5.13. The monoisotopic (exact) mass is 294 g/mol. The Balaban J connectivity index is 2.45. The van der Waals surface area contributed by atoms with Crippen molar-refractivity contribution in [2.45, 2.75) is 25.6 Å². The number of benzene rings is 1. The van der Waals surface area contributed by atoms with Gasteiger partial charge in [-0.2, -0.15) is 0 Å². The van der Waals surface area contributed by atoms with Gasteiger partial charge in [-0.05, 0) is 49.6 Å². The van der Waals surface area contributed by atoms with Crippen molar-refractivity contribution in [3.63, 3.8) is 0 Å². The quantitative estimate of drug-likeness (QED) is 0.671. The number of halogens is 1. The zero-order valence-corrected chi connectivity index (χ0v) is 12.2. The van der Waals surface area contributed by atoms with Gasteiger partial charge in [0.2, 0.25) is 0 Å². The highest BCUT2D eigenvalue weighted by Crippen LogP contribution is 2.38. The number of hydrogen-bond donors (Lipinski definition) is 0. The number of aryl methyl sites for hydroxylation is 3. The SMILES string of the molecule is Cc1ccc(C(Br)c2c(C)cccc2C)s1. The summed E-state index contributed by atoms with van der Waals surface area (Å²) >= 11 is 5.68. The van der Waals surface area contributed by atoms with Crippen LogP contribution in [0.15, 0.2) is 30.3 Å². The van der Waals surface area contributed by atoms with Gasteiger partial charge in [0.1, 0.15) is 0 Å². The van der Waals surface area contributed by atoms with Gasteiger partial charge in [-0.1, -0.05) is 34.1 Å². The molecule has 0 aliphatic rings. The van der Waals surface area contributed by atoms with Crippen molar-refractivity contribution >= 4 is 27.3 Å². The third kappa shape index (κ3) is 2.23. The van der Waals surface area contributed by atoms with Gasteiger partial charge >= 0.3 is 0 Å². The molecule has 2 heteroatoms.